The summed E-state index contributed by atoms with van der Waals surface area (Å²) in [5.41, 5.74) is 0.635. The van der Waals surface area contributed by atoms with Gasteiger partial charge in [0.05, 0.1) is 0 Å². The Kier molecular flexibility index (Phi) is 7.62. The maximum Gasteiger partial charge on any atom is -0.0267 e. The van der Waals surface area contributed by atoms with E-state index in [1.54, 1.807) is 0 Å². The van der Waals surface area contributed by atoms with Gasteiger partial charge in [-0.3, -0.25) is 0 Å². The van der Waals surface area contributed by atoms with Gasteiger partial charge in [0.1, 0.15) is 0 Å². The topological polar surface area (TPSA) is 0 Å². The molecule has 1 fully saturated rings. The largest absolute Gasteiger partial charge is 0.0654 e. The van der Waals surface area contributed by atoms with E-state index < -0.39 is 0 Å². The number of hydrogen-bond donors (Lipinski definition) is 0. The van der Waals surface area contributed by atoms with E-state index in [9.17, 15) is 0 Å². The number of unbranched alkanes of at least 4 members (excludes halogenated alkanes) is 5. The molecule has 0 radical (unpaired) electrons. The number of hydrogen-bond acceptors (Lipinski definition) is 0. The normalized spacial score (nSPS) is 29.2. The smallest absolute Gasteiger partial charge is 0.0267 e. The zero-order chi connectivity index (χ0) is 15.2. The first-order chi connectivity index (χ1) is 9.43. The summed E-state index contributed by atoms with van der Waals surface area (Å²) in [5.74, 6) is 3.66. The highest BCUT2D eigenvalue weighted by Gasteiger charge is 2.48. The molecule has 4 unspecified atom stereocenters. The van der Waals surface area contributed by atoms with Crippen molar-refractivity contribution in [2.45, 2.75) is 99.3 Å². The molecule has 4 atom stereocenters. The summed E-state index contributed by atoms with van der Waals surface area (Å²) in [4.78, 5) is 0. The van der Waals surface area contributed by atoms with Crippen molar-refractivity contribution in [3.05, 3.63) is 0 Å². The molecule has 1 aliphatic rings. The van der Waals surface area contributed by atoms with E-state index >= 15 is 0 Å². The van der Waals surface area contributed by atoms with Gasteiger partial charge < -0.3 is 0 Å². The van der Waals surface area contributed by atoms with Crippen molar-refractivity contribution >= 4 is 0 Å². The fourth-order valence-electron chi connectivity index (χ4n) is 4.57. The summed E-state index contributed by atoms with van der Waals surface area (Å²) in [6.45, 7) is 14.8. The van der Waals surface area contributed by atoms with Crippen LogP contribution in [0.2, 0.25) is 0 Å². The molecule has 120 valence electrons. The molecule has 0 N–H and O–H groups in total. The highest BCUT2D eigenvalue weighted by atomic mass is 14.5. The molecule has 0 aliphatic heterocycles. The SMILES string of the molecule is CCCCCCCCC(C)C(C)C1(C)CCC1C(C)C. The molecule has 0 spiro atoms. The third-order valence-electron chi connectivity index (χ3n) is 6.55. The molecule has 1 saturated carbocycles. The van der Waals surface area contributed by atoms with Gasteiger partial charge in [0, 0.05) is 0 Å². The highest BCUT2D eigenvalue weighted by Crippen LogP contribution is 2.56. The Hall–Kier alpha value is 0. The monoisotopic (exact) mass is 280 g/mol. The van der Waals surface area contributed by atoms with Crippen molar-refractivity contribution in [1.29, 1.82) is 0 Å². The standard InChI is InChI=1S/C20H40/c1-7-8-9-10-11-12-13-17(4)18(5)20(6)15-14-19(20)16(2)3/h16-19H,7-15H2,1-6H3. The van der Waals surface area contributed by atoms with Crippen molar-refractivity contribution in [3.63, 3.8) is 0 Å². The molecule has 0 bridgehead atoms. The third kappa shape index (κ3) is 4.50. The first kappa shape index (κ1) is 18.1. The molecule has 1 rings (SSSR count). The van der Waals surface area contributed by atoms with Crippen LogP contribution < -0.4 is 0 Å². The van der Waals surface area contributed by atoms with Crippen molar-refractivity contribution in [3.8, 4) is 0 Å². The van der Waals surface area contributed by atoms with Crippen LogP contribution in [0.25, 0.3) is 0 Å². The van der Waals surface area contributed by atoms with Gasteiger partial charge in [-0.1, -0.05) is 86.5 Å². The molecule has 0 saturated heterocycles. The predicted octanol–water partition coefficient (Wildman–Crippen LogP) is 7.08. The van der Waals surface area contributed by atoms with Crippen LogP contribution >= 0.6 is 0 Å². The Morgan fingerprint density at radius 3 is 2.05 bits per heavy atom. The highest BCUT2D eigenvalue weighted by molar-refractivity contribution is 4.97. The van der Waals surface area contributed by atoms with Gasteiger partial charge in [0.15, 0.2) is 0 Å². The summed E-state index contributed by atoms with van der Waals surface area (Å²) in [5, 5.41) is 0. The lowest BCUT2D eigenvalue weighted by Gasteiger charge is -2.55. The zero-order valence-corrected chi connectivity index (χ0v) is 15.2. The van der Waals surface area contributed by atoms with Crippen LogP contribution in [0, 0.1) is 29.1 Å². The molecular formula is C20H40. The molecule has 0 aromatic heterocycles. The van der Waals surface area contributed by atoms with Gasteiger partial charge in [-0.25, -0.2) is 0 Å². The Balaban J connectivity index is 2.27. The van der Waals surface area contributed by atoms with E-state index in [2.05, 4.69) is 41.5 Å². The lowest BCUT2D eigenvalue weighted by atomic mass is 9.50. The average molecular weight is 281 g/mol. The molecule has 0 nitrogen and oxygen atoms in total. The minimum Gasteiger partial charge on any atom is -0.0654 e. The van der Waals surface area contributed by atoms with Gasteiger partial charge >= 0.3 is 0 Å². The quantitative estimate of drug-likeness (QED) is 0.375. The lowest BCUT2D eigenvalue weighted by Crippen LogP contribution is -2.47. The van der Waals surface area contributed by atoms with Crippen LogP contribution in [-0.4, -0.2) is 0 Å². The van der Waals surface area contributed by atoms with Crippen LogP contribution in [0.5, 0.6) is 0 Å². The first-order valence-corrected chi connectivity index (χ1v) is 9.43. The molecule has 0 aromatic rings. The second kappa shape index (κ2) is 8.44. The zero-order valence-electron chi connectivity index (χ0n) is 15.2. The number of rotatable bonds is 10. The second-order valence-electron chi connectivity index (χ2n) is 8.22. The molecule has 0 heterocycles. The van der Waals surface area contributed by atoms with Crippen molar-refractivity contribution in [2.75, 3.05) is 0 Å². The Bertz CT molecular complexity index is 255. The molecule has 0 aromatic carbocycles. The molecule has 0 amide bonds. The van der Waals surface area contributed by atoms with E-state index in [-0.39, 0.29) is 0 Å². The van der Waals surface area contributed by atoms with E-state index in [1.165, 1.54) is 57.8 Å². The van der Waals surface area contributed by atoms with Gasteiger partial charge in [-0.2, -0.15) is 0 Å². The Labute approximate surface area is 129 Å². The minimum atomic E-state index is 0.635. The summed E-state index contributed by atoms with van der Waals surface area (Å²) in [6, 6.07) is 0. The van der Waals surface area contributed by atoms with Crippen LogP contribution in [0.1, 0.15) is 99.3 Å². The fourth-order valence-corrected chi connectivity index (χ4v) is 4.57. The summed E-state index contributed by atoms with van der Waals surface area (Å²) < 4.78 is 0. The van der Waals surface area contributed by atoms with Crippen LogP contribution in [0.15, 0.2) is 0 Å². The van der Waals surface area contributed by atoms with Gasteiger partial charge in [-0.15, -0.1) is 0 Å². The average Bonchev–Trinajstić information content (AvgIpc) is 2.38. The van der Waals surface area contributed by atoms with Crippen LogP contribution in [0.3, 0.4) is 0 Å². The van der Waals surface area contributed by atoms with Crippen molar-refractivity contribution < 1.29 is 0 Å². The van der Waals surface area contributed by atoms with E-state index in [1.807, 2.05) is 0 Å². The maximum atomic E-state index is 2.57. The predicted molar refractivity (Wildman–Crippen MR) is 92.0 cm³/mol. The third-order valence-corrected chi connectivity index (χ3v) is 6.55. The Morgan fingerprint density at radius 1 is 0.950 bits per heavy atom. The Morgan fingerprint density at radius 2 is 1.55 bits per heavy atom. The summed E-state index contributed by atoms with van der Waals surface area (Å²) in [7, 11) is 0. The van der Waals surface area contributed by atoms with E-state index in [0.717, 1.165) is 23.7 Å². The van der Waals surface area contributed by atoms with Gasteiger partial charge in [0.25, 0.3) is 0 Å². The lowest BCUT2D eigenvalue weighted by molar-refractivity contribution is -0.0557. The molecule has 0 heteroatoms. The van der Waals surface area contributed by atoms with Gasteiger partial charge in [-0.05, 0) is 41.9 Å². The molecule has 1 aliphatic carbocycles. The maximum absolute atomic E-state index is 2.57. The first-order valence-electron chi connectivity index (χ1n) is 9.43. The summed E-state index contributed by atoms with van der Waals surface area (Å²) in [6.07, 6.45) is 13.0. The van der Waals surface area contributed by atoms with Crippen LogP contribution in [-0.2, 0) is 0 Å². The fraction of sp³-hybridized carbons (Fsp3) is 1.00. The second-order valence-corrected chi connectivity index (χ2v) is 8.22. The van der Waals surface area contributed by atoms with Crippen LogP contribution in [0.4, 0.5) is 0 Å². The van der Waals surface area contributed by atoms with E-state index in [4.69, 9.17) is 0 Å². The van der Waals surface area contributed by atoms with Crippen molar-refractivity contribution in [1.82, 2.24) is 0 Å². The minimum absolute atomic E-state index is 0.635. The van der Waals surface area contributed by atoms with E-state index in [0.29, 0.717) is 5.41 Å². The summed E-state index contributed by atoms with van der Waals surface area (Å²) >= 11 is 0. The molecule has 20 heavy (non-hydrogen) atoms. The molecular weight excluding hydrogens is 240 g/mol. The van der Waals surface area contributed by atoms with Gasteiger partial charge in [0.2, 0.25) is 0 Å². The van der Waals surface area contributed by atoms with Crippen molar-refractivity contribution in [2.24, 2.45) is 29.1 Å².